The Morgan fingerprint density at radius 1 is 1.17 bits per heavy atom. The highest BCUT2D eigenvalue weighted by Gasteiger charge is 2.58. The summed E-state index contributed by atoms with van der Waals surface area (Å²) in [6, 6.07) is 1.07. The molecule has 4 unspecified atom stereocenters. The first-order valence-electron chi connectivity index (χ1n) is 10.4. The molecule has 0 saturated heterocycles. The van der Waals surface area contributed by atoms with Gasteiger partial charge in [-0.15, -0.1) is 0 Å². The summed E-state index contributed by atoms with van der Waals surface area (Å²) in [4.78, 5) is 8.90. The van der Waals surface area contributed by atoms with Crippen molar-refractivity contribution < 1.29 is 28.2 Å². The molecule has 8 heteroatoms. The van der Waals surface area contributed by atoms with Crippen LogP contribution in [0.5, 0.6) is 0 Å². The average Bonchev–Trinajstić information content (AvgIpc) is 2.51. The Morgan fingerprint density at radius 2 is 1.66 bits per heavy atom. The minimum atomic E-state index is -5.08. The Morgan fingerprint density at radius 3 is 2.03 bits per heavy atom. The summed E-state index contributed by atoms with van der Waals surface area (Å²) in [5.74, 6) is -1.19. The van der Waals surface area contributed by atoms with E-state index in [0.29, 0.717) is 22.2 Å². The fourth-order valence-electron chi connectivity index (χ4n) is 6.27. The maximum atomic E-state index is 10.9. The quantitative estimate of drug-likeness (QED) is 0.552. The molecule has 4 aliphatic rings. The van der Waals surface area contributed by atoms with Gasteiger partial charge in [0.2, 0.25) is 0 Å². The van der Waals surface area contributed by atoms with E-state index in [9.17, 15) is 18.3 Å². The number of thioether (sulfide) groups is 1. The summed E-state index contributed by atoms with van der Waals surface area (Å²) in [5, 5.41) is 22.0. The van der Waals surface area contributed by atoms with Crippen molar-refractivity contribution >= 4 is 17.7 Å². The van der Waals surface area contributed by atoms with Crippen molar-refractivity contribution in [3.63, 3.8) is 0 Å². The van der Waals surface area contributed by atoms with Crippen LogP contribution in [0.1, 0.15) is 72.6 Å². The number of nitrogens with one attached hydrogen (secondary N) is 1. The molecular formula is C21H36F3NO3S. The van der Waals surface area contributed by atoms with Crippen molar-refractivity contribution in [1.29, 1.82) is 0 Å². The van der Waals surface area contributed by atoms with Crippen LogP contribution >= 0.6 is 11.8 Å². The van der Waals surface area contributed by atoms with Gasteiger partial charge in [-0.25, -0.2) is 4.79 Å². The molecule has 4 bridgehead atoms. The third-order valence-electron chi connectivity index (χ3n) is 7.12. The van der Waals surface area contributed by atoms with E-state index in [1.54, 1.807) is 0 Å². The Bertz CT molecular complexity index is 582. The molecule has 0 heterocycles. The summed E-state index contributed by atoms with van der Waals surface area (Å²) >= 11 is 1.96. The highest BCUT2D eigenvalue weighted by Crippen LogP contribution is 2.62. The number of hydrogen-bond donors (Lipinski definition) is 3. The van der Waals surface area contributed by atoms with Gasteiger partial charge >= 0.3 is 12.1 Å². The topological polar surface area (TPSA) is 69.6 Å². The number of carboxylic acid groups (broad SMARTS) is 1. The first kappa shape index (κ1) is 24.8. The van der Waals surface area contributed by atoms with Crippen LogP contribution in [0.4, 0.5) is 13.2 Å². The molecule has 3 N–H and O–H groups in total. The van der Waals surface area contributed by atoms with Gasteiger partial charge in [-0.2, -0.15) is 24.9 Å². The summed E-state index contributed by atoms with van der Waals surface area (Å²) in [5.41, 5.74) is 0.0262. The van der Waals surface area contributed by atoms with Crippen LogP contribution < -0.4 is 5.32 Å². The van der Waals surface area contributed by atoms with E-state index in [1.807, 2.05) is 11.8 Å². The molecule has 0 aromatic carbocycles. The van der Waals surface area contributed by atoms with E-state index in [1.165, 1.54) is 25.7 Å². The Labute approximate surface area is 176 Å². The monoisotopic (exact) mass is 439 g/mol. The van der Waals surface area contributed by atoms with Crippen molar-refractivity contribution in [3.8, 4) is 0 Å². The van der Waals surface area contributed by atoms with Gasteiger partial charge in [0.15, 0.2) is 0 Å². The van der Waals surface area contributed by atoms with Crippen LogP contribution in [-0.4, -0.2) is 51.0 Å². The van der Waals surface area contributed by atoms with Crippen LogP contribution in [0.3, 0.4) is 0 Å². The maximum Gasteiger partial charge on any atom is 0.490 e. The van der Waals surface area contributed by atoms with Crippen molar-refractivity contribution in [1.82, 2.24) is 5.32 Å². The van der Waals surface area contributed by atoms with Crippen LogP contribution in [0.25, 0.3) is 0 Å². The van der Waals surface area contributed by atoms with Gasteiger partial charge in [-0.3, -0.25) is 0 Å². The van der Waals surface area contributed by atoms with Crippen LogP contribution in [-0.2, 0) is 4.79 Å². The number of hydrogen-bond acceptors (Lipinski definition) is 4. The highest BCUT2D eigenvalue weighted by molar-refractivity contribution is 7.99. The summed E-state index contributed by atoms with van der Waals surface area (Å²) in [6.07, 6.45) is 5.60. The van der Waals surface area contributed by atoms with Gasteiger partial charge in [0, 0.05) is 16.8 Å². The van der Waals surface area contributed by atoms with Crippen LogP contribution in [0.15, 0.2) is 0 Å². The number of aliphatic carboxylic acids is 1. The molecule has 0 radical (unpaired) electrons. The second-order valence-electron chi connectivity index (χ2n) is 10.3. The minimum absolute atomic E-state index is 0.332. The molecule has 4 atom stereocenters. The predicted molar refractivity (Wildman–Crippen MR) is 110 cm³/mol. The Kier molecular flexibility index (Phi) is 7.33. The largest absolute Gasteiger partial charge is 0.490 e. The summed E-state index contributed by atoms with van der Waals surface area (Å²) < 4.78 is 32.1. The number of halogens is 3. The Balaban J connectivity index is 0.000000370. The SMILES string of the molecule is CSC(C)(C)CC(C)NC(C)C12CC3CC(CC(O)(C3)C1)C2.O=C(O)C(F)(F)F. The van der Waals surface area contributed by atoms with E-state index in [4.69, 9.17) is 9.90 Å². The number of carboxylic acids is 1. The molecule has 0 aromatic heterocycles. The standard InChI is InChI=1S/C19H35NOS.C2HF3O2/c1-13(7-17(3,4)22-5)20-14(2)18-8-15-6-16(9-18)11-19(21,10-15)12-18;3-2(4,5)1(6)7/h13-16,20-21H,6-12H2,1-5H3;(H,6,7). The molecule has 0 amide bonds. The lowest BCUT2D eigenvalue weighted by atomic mass is 9.46. The van der Waals surface area contributed by atoms with Gasteiger partial charge in [0.1, 0.15) is 0 Å². The van der Waals surface area contributed by atoms with E-state index < -0.39 is 12.1 Å². The lowest BCUT2D eigenvalue weighted by Gasteiger charge is -2.62. The van der Waals surface area contributed by atoms with Crippen LogP contribution in [0, 0.1) is 17.3 Å². The van der Waals surface area contributed by atoms with E-state index in [0.717, 1.165) is 31.1 Å². The zero-order valence-electron chi connectivity index (χ0n) is 18.1. The lowest BCUT2D eigenvalue weighted by molar-refractivity contribution is -0.192. The fourth-order valence-corrected chi connectivity index (χ4v) is 6.69. The normalized spacial score (nSPS) is 35.6. The number of alkyl halides is 3. The second kappa shape index (κ2) is 8.58. The van der Waals surface area contributed by atoms with Gasteiger partial charge in [0.25, 0.3) is 0 Å². The van der Waals surface area contributed by atoms with Crippen molar-refractivity contribution in [3.05, 3.63) is 0 Å². The van der Waals surface area contributed by atoms with Crippen LogP contribution in [0.2, 0.25) is 0 Å². The van der Waals surface area contributed by atoms with Gasteiger partial charge < -0.3 is 15.5 Å². The molecule has 4 rings (SSSR count). The average molecular weight is 440 g/mol. The molecule has 4 fully saturated rings. The zero-order chi connectivity index (χ0) is 22.3. The minimum Gasteiger partial charge on any atom is -0.475 e. The zero-order valence-corrected chi connectivity index (χ0v) is 18.9. The third-order valence-corrected chi connectivity index (χ3v) is 8.39. The highest BCUT2D eigenvalue weighted by atomic mass is 32.2. The summed E-state index contributed by atoms with van der Waals surface area (Å²) in [6.45, 7) is 9.41. The second-order valence-corrected chi connectivity index (χ2v) is 11.8. The van der Waals surface area contributed by atoms with Crippen molar-refractivity contribution in [2.45, 2.75) is 101 Å². The molecule has 170 valence electrons. The summed E-state index contributed by atoms with van der Waals surface area (Å²) in [7, 11) is 0. The first-order valence-corrected chi connectivity index (χ1v) is 11.7. The Hall–Kier alpha value is -0.470. The maximum absolute atomic E-state index is 10.9. The van der Waals surface area contributed by atoms with Crippen molar-refractivity contribution in [2.24, 2.45) is 17.3 Å². The third kappa shape index (κ3) is 6.26. The molecule has 4 saturated carbocycles. The van der Waals surface area contributed by atoms with E-state index in [-0.39, 0.29) is 5.60 Å². The van der Waals surface area contributed by atoms with Gasteiger partial charge in [-0.1, -0.05) is 13.8 Å². The van der Waals surface area contributed by atoms with Crippen molar-refractivity contribution in [2.75, 3.05) is 6.26 Å². The first-order chi connectivity index (χ1) is 13.1. The number of aliphatic hydroxyl groups is 1. The van der Waals surface area contributed by atoms with E-state index in [2.05, 4.69) is 39.3 Å². The van der Waals surface area contributed by atoms with Gasteiger partial charge in [-0.05, 0) is 82.3 Å². The molecule has 0 spiro atoms. The fraction of sp³-hybridized carbons (Fsp3) is 0.952. The molecule has 4 aliphatic carbocycles. The number of carbonyl (C=O) groups is 1. The molecule has 29 heavy (non-hydrogen) atoms. The lowest BCUT2D eigenvalue weighted by Crippen LogP contribution is -2.62. The molecule has 0 aliphatic heterocycles. The molecule has 0 aromatic rings. The number of rotatable bonds is 6. The molecule has 4 nitrogen and oxygen atoms in total. The molecular weight excluding hydrogens is 403 g/mol. The predicted octanol–water partition coefficient (Wildman–Crippen LogP) is 4.85. The van der Waals surface area contributed by atoms with Gasteiger partial charge in [0.05, 0.1) is 5.60 Å². The smallest absolute Gasteiger partial charge is 0.475 e. The van der Waals surface area contributed by atoms with E-state index >= 15 is 0 Å².